The summed E-state index contributed by atoms with van der Waals surface area (Å²) in [6, 6.07) is 11.8. The summed E-state index contributed by atoms with van der Waals surface area (Å²) in [5, 5.41) is 4.08. The minimum absolute atomic E-state index is 0.0316. The molecule has 6 heteroatoms. The molecule has 1 aliphatic heterocycles. The summed E-state index contributed by atoms with van der Waals surface area (Å²) in [7, 11) is 0. The zero-order valence-corrected chi connectivity index (χ0v) is 13.9. The van der Waals surface area contributed by atoms with Gasteiger partial charge in [-0.25, -0.2) is 0 Å². The molecule has 0 spiro atoms. The van der Waals surface area contributed by atoms with E-state index in [0.29, 0.717) is 31.2 Å². The first-order chi connectivity index (χ1) is 12.2. The van der Waals surface area contributed by atoms with E-state index in [1.807, 2.05) is 29.2 Å². The molecule has 0 saturated carbocycles. The van der Waals surface area contributed by atoms with Gasteiger partial charge < -0.3 is 9.42 Å². The SMILES string of the molecule is Cc1ccccc1CN1CC(c2noc(-c3ccncc3)n2)CC1=O. The fourth-order valence-corrected chi connectivity index (χ4v) is 3.10. The summed E-state index contributed by atoms with van der Waals surface area (Å²) in [5.41, 5.74) is 3.19. The van der Waals surface area contributed by atoms with Crippen LogP contribution in [-0.4, -0.2) is 32.5 Å². The Labute approximate surface area is 145 Å². The van der Waals surface area contributed by atoms with Crippen molar-refractivity contribution in [3.63, 3.8) is 0 Å². The van der Waals surface area contributed by atoms with E-state index < -0.39 is 0 Å². The minimum Gasteiger partial charge on any atom is -0.338 e. The number of hydrogen-bond acceptors (Lipinski definition) is 5. The molecule has 1 amide bonds. The number of rotatable bonds is 4. The van der Waals surface area contributed by atoms with Gasteiger partial charge in [-0.2, -0.15) is 4.98 Å². The quantitative estimate of drug-likeness (QED) is 0.733. The number of hydrogen-bond donors (Lipinski definition) is 0. The standard InChI is InChI=1S/C19H18N4O2/c1-13-4-2-3-5-15(13)11-23-12-16(10-17(23)24)18-21-19(25-22-18)14-6-8-20-9-7-14/h2-9,16H,10-12H2,1H3. The van der Waals surface area contributed by atoms with Crippen LogP contribution in [0.5, 0.6) is 0 Å². The molecule has 3 aromatic rings. The molecule has 2 aromatic heterocycles. The molecule has 0 aliphatic carbocycles. The van der Waals surface area contributed by atoms with Crippen molar-refractivity contribution in [3.8, 4) is 11.5 Å². The predicted molar refractivity (Wildman–Crippen MR) is 91.5 cm³/mol. The Balaban J connectivity index is 1.49. The Bertz CT molecular complexity index is 891. The number of benzene rings is 1. The molecule has 4 rings (SSSR count). The third-order valence-corrected chi connectivity index (χ3v) is 4.57. The Kier molecular flexibility index (Phi) is 4.01. The van der Waals surface area contributed by atoms with Crippen LogP contribution in [0, 0.1) is 6.92 Å². The van der Waals surface area contributed by atoms with Gasteiger partial charge in [0.1, 0.15) is 0 Å². The summed E-state index contributed by atoms with van der Waals surface area (Å²) < 4.78 is 5.35. The van der Waals surface area contributed by atoms with Crippen molar-refractivity contribution in [1.82, 2.24) is 20.0 Å². The van der Waals surface area contributed by atoms with Crippen LogP contribution >= 0.6 is 0 Å². The van der Waals surface area contributed by atoms with Crippen LogP contribution in [-0.2, 0) is 11.3 Å². The molecular weight excluding hydrogens is 316 g/mol. The molecule has 6 nitrogen and oxygen atoms in total. The van der Waals surface area contributed by atoms with Gasteiger partial charge in [-0.05, 0) is 30.2 Å². The number of aromatic nitrogens is 3. The molecule has 0 N–H and O–H groups in total. The highest BCUT2D eigenvalue weighted by Crippen LogP contribution is 2.29. The molecule has 3 heterocycles. The Morgan fingerprint density at radius 3 is 2.80 bits per heavy atom. The van der Waals surface area contributed by atoms with Crippen LogP contribution in [0.1, 0.15) is 29.3 Å². The molecule has 0 bridgehead atoms. The summed E-state index contributed by atoms with van der Waals surface area (Å²) in [5.74, 6) is 1.15. The number of carbonyl (C=O) groups excluding carboxylic acids is 1. The van der Waals surface area contributed by atoms with E-state index in [1.54, 1.807) is 12.4 Å². The van der Waals surface area contributed by atoms with Crippen molar-refractivity contribution >= 4 is 5.91 Å². The monoisotopic (exact) mass is 334 g/mol. The number of likely N-dealkylation sites (tertiary alicyclic amines) is 1. The van der Waals surface area contributed by atoms with Gasteiger partial charge in [0.05, 0.1) is 0 Å². The van der Waals surface area contributed by atoms with E-state index in [9.17, 15) is 4.79 Å². The van der Waals surface area contributed by atoms with Gasteiger partial charge in [-0.3, -0.25) is 9.78 Å². The maximum absolute atomic E-state index is 12.4. The van der Waals surface area contributed by atoms with Crippen LogP contribution in [0.4, 0.5) is 0 Å². The second-order valence-electron chi connectivity index (χ2n) is 6.30. The van der Waals surface area contributed by atoms with Crippen molar-refractivity contribution in [2.45, 2.75) is 25.8 Å². The molecule has 1 aromatic carbocycles. The molecule has 0 radical (unpaired) electrons. The van der Waals surface area contributed by atoms with Gasteiger partial charge in [-0.15, -0.1) is 0 Å². The van der Waals surface area contributed by atoms with Crippen LogP contribution in [0.2, 0.25) is 0 Å². The first-order valence-corrected chi connectivity index (χ1v) is 8.27. The highest BCUT2D eigenvalue weighted by atomic mass is 16.5. The fourth-order valence-electron chi connectivity index (χ4n) is 3.10. The van der Waals surface area contributed by atoms with Gasteiger partial charge in [0.15, 0.2) is 5.82 Å². The van der Waals surface area contributed by atoms with Gasteiger partial charge in [0.25, 0.3) is 5.89 Å². The van der Waals surface area contributed by atoms with Crippen LogP contribution in [0.3, 0.4) is 0 Å². The summed E-state index contributed by atoms with van der Waals surface area (Å²) in [4.78, 5) is 22.7. The smallest absolute Gasteiger partial charge is 0.258 e. The highest BCUT2D eigenvalue weighted by molar-refractivity contribution is 5.79. The van der Waals surface area contributed by atoms with Crippen molar-refractivity contribution in [3.05, 3.63) is 65.7 Å². The van der Waals surface area contributed by atoms with Crippen LogP contribution in [0.15, 0.2) is 53.3 Å². The Morgan fingerprint density at radius 2 is 2.00 bits per heavy atom. The largest absolute Gasteiger partial charge is 0.338 e. The first-order valence-electron chi connectivity index (χ1n) is 8.27. The maximum atomic E-state index is 12.4. The lowest BCUT2D eigenvalue weighted by Crippen LogP contribution is -2.24. The number of amides is 1. The average molecular weight is 334 g/mol. The molecule has 25 heavy (non-hydrogen) atoms. The van der Waals surface area contributed by atoms with Crippen molar-refractivity contribution < 1.29 is 9.32 Å². The first kappa shape index (κ1) is 15.5. The Hall–Kier alpha value is -3.02. The average Bonchev–Trinajstić information content (AvgIpc) is 3.25. The summed E-state index contributed by atoms with van der Waals surface area (Å²) in [6.07, 6.45) is 3.78. The predicted octanol–water partition coefficient (Wildman–Crippen LogP) is 2.96. The van der Waals surface area contributed by atoms with E-state index in [-0.39, 0.29) is 11.8 Å². The normalized spacial score (nSPS) is 17.2. The second kappa shape index (κ2) is 6.47. The maximum Gasteiger partial charge on any atom is 0.258 e. The number of aryl methyl sites for hydroxylation is 1. The lowest BCUT2D eigenvalue weighted by atomic mass is 10.1. The molecule has 1 atom stereocenters. The highest BCUT2D eigenvalue weighted by Gasteiger charge is 2.33. The zero-order chi connectivity index (χ0) is 17.2. The molecule has 1 saturated heterocycles. The van der Waals surface area contributed by atoms with Crippen LogP contribution < -0.4 is 0 Å². The lowest BCUT2D eigenvalue weighted by Gasteiger charge is -2.17. The van der Waals surface area contributed by atoms with E-state index in [4.69, 9.17) is 4.52 Å². The van der Waals surface area contributed by atoms with E-state index >= 15 is 0 Å². The lowest BCUT2D eigenvalue weighted by molar-refractivity contribution is -0.128. The minimum atomic E-state index is -0.0316. The fraction of sp³-hybridized carbons (Fsp3) is 0.263. The van der Waals surface area contributed by atoms with Crippen molar-refractivity contribution in [1.29, 1.82) is 0 Å². The topological polar surface area (TPSA) is 72.1 Å². The van der Waals surface area contributed by atoms with Gasteiger partial charge >= 0.3 is 0 Å². The van der Waals surface area contributed by atoms with E-state index in [1.165, 1.54) is 11.1 Å². The van der Waals surface area contributed by atoms with Gasteiger partial charge in [0.2, 0.25) is 5.91 Å². The number of nitrogens with zero attached hydrogens (tertiary/aromatic N) is 4. The van der Waals surface area contributed by atoms with E-state index in [2.05, 4.69) is 34.2 Å². The molecule has 1 unspecified atom stereocenters. The molecule has 1 fully saturated rings. The molecular formula is C19H18N4O2. The number of pyridine rings is 1. The summed E-state index contributed by atoms with van der Waals surface area (Å²) >= 11 is 0. The van der Waals surface area contributed by atoms with Crippen molar-refractivity contribution in [2.24, 2.45) is 0 Å². The number of carbonyl (C=O) groups is 1. The van der Waals surface area contributed by atoms with E-state index in [0.717, 1.165) is 5.56 Å². The summed E-state index contributed by atoms with van der Waals surface area (Å²) in [6.45, 7) is 3.30. The van der Waals surface area contributed by atoms with Gasteiger partial charge in [0, 0.05) is 43.4 Å². The molecule has 1 aliphatic rings. The second-order valence-corrected chi connectivity index (χ2v) is 6.30. The zero-order valence-electron chi connectivity index (χ0n) is 13.9. The van der Waals surface area contributed by atoms with Gasteiger partial charge in [-0.1, -0.05) is 29.4 Å². The third-order valence-electron chi connectivity index (χ3n) is 4.57. The third kappa shape index (κ3) is 3.15. The van der Waals surface area contributed by atoms with Crippen molar-refractivity contribution in [2.75, 3.05) is 6.54 Å². The Morgan fingerprint density at radius 1 is 1.20 bits per heavy atom. The van der Waals surface area contributed by atoms with Crippen LogP contribution in [0.25, 0.3) is 11.5 Å². The molecule has 126 valence electrons.